The third kappa shape index (κ3) is 7.21. The van der Waals surface area contributed by atoms with Crippen LogP contribution in [0, 0.1) is 5.41 Å². The second-order valence-electron chi connectivity index (χ2n) is 7.81. The Labute approximate surface area is 163 Å². The number of amides is 1. The Morgan fingerprint density at radius 1 is 1.11 bits per heavy atom. The number of nitrogens with zero attached hydrogens (tertiary/aromatic N) is 2. The van der Waals surface area contributed by atoms with Gasteiger partial charge in [0.1, 0.15) is 5.75 Å². The SMILES string of the molecule is CCOC(=O)CCN(CC(c1ccc(OC)cc1)N(C)C)C(=O)C(C)(C)C. The Hall–Kier alpha value is -2.08. The van der Waals surface area contributed by atoms with Crippen LogP contribution in [0.3, 0.4) is 0 Å². The molecule has 1 aromatic carbocycles. The Bertz CT molecular complexity index is 606. The van der Waals surface area contributed by atoms with Crippen LogP contribution >= 0.6 is 0 Å². The number of carbonyl (C=O) groups is 2. The highest BCUT2D eigenvalue weighted by molar-refractivity contribution is 5.82. The molecule has 152 valence electrons. The van der Waals surface area contributed by atoms with Crippen LogP contribution in [0.4, 0.5) is 0 Å². The summed E-state index contributed by atoms with van der Waals surface area (Å²) in [7, 11) is 5.61. The average Bonchev–Trinajstić information content (AvgIpc) is 2.60. The van der Waals surface area contributed by atoms with E-state index in [4.69, 9.17) is 9.47 Å². The molecule has 6 heteroatoms. The zero-order valence-electron chi connectivity index (χ0n) is 17.7. The molecular weight excluding hydrogens is 344 g/mol. The molecule has 0 spiro atoms. The van der Waals surface area contributed by atoms with Crippen LogP contribution in [0.2, 0.25) is 0 Å². The van der Waals surface area contributed by atoms with Gasteiger partial charge >= 0.3 is 5.97 Å². The summed E-state index contributed by atoms with van der Waals surface area (Å²) < 4.78 is 10.3. The third-order valence-corrected chi connectivity index (χ3v) is 4.34. The van der Waals surface area contributed by atoms with Gasteiger partial charge in [0, 0.05) is 18.5 Å². The molecule has 0 aromatic heterocycles. The van der Waals surface area contributed by atoms with E-state index in [2.05, 4.69) is 4.90 Å². The normalized spacial score (nSPS) is 12.6. The Morgan fingerprint density at radius 2 is 1.70 bits per heavy atom. The average molecular weight is 379 g/mol. The molecule has 0 radical (unpaired) electrons. The van der Waals surface area contributed by atoms with Crippen LogP contribution in [0.25, 0.3) is 0 Å². The number of methoxy groups -OCH3 is 1. The quantitative estimate of drug-likeness (QED) is 0.618. The van der Waals surface area contributed by atoms with Crippen molar-refractivity contribution in [2.45, 2.75) is 40.2 Å². The van der Waals surface area contributed by atoms with Gasteiger partial charge in [-0.05, 0) is 38.7 Å². The number of carbonyl (C=O) groups excluding carboxylic acids is 2. The first-order valence-corrected chi connectivity index (χ1v) is 9.35. The molecule has 0 saturated heterocycles. The summed E-state index contributed by atoms with van der Waals surface area (Å²) in [5, 5.41) is 0. The molecule has 0 saturated carbocycles. The second-order valence-corrected chi connectivity index (χ2v) is 7.81. The van der Waals surface area contributed by atoms with E-state index in [1.165, 1.54) is 0 Å². The van der Waals surface area contributed by atoms with Crippen LogP contribution in [0.1, 0.15) is 45.7 Å². The van der Waals surface area contributed by atoms with Gasteiger partial charge in [-0.2, -0.15) is 0 Å². The van der Waals surface area contributed by atoms with Gasteiger partial charge in [-0.1, -0.05) is 32.9 Å². The van der Waals surface area contributed by atoms with Crippen LogP contribution in [-0.2, 0) is 14.3 Å². The maximum atomic E-state index is 13.0. The highest BCUT2D eigenvalue weighted by atomic mass is 16.5. The van der Waals surface area contributed by atoms with Crippen LogP contribution in [-0.4, -0.2) is 62.6 Å². The molecule has 27 heavy (non-hydrogen) atoms. The summed E-state index contributed by atoms with van der Waals surface area (Å²) in [5.41, 5.74) is 0.564. The monoisotopic (exact) mass is 378 g/mol. The lowest BCUT2D eigenvalue weighted by molar-refractivity contribution is -0.145. The number of esters is 1. The van der Waals surface area contributed by atoms with Gasteiger partial charge in [-0.3, -0.25) is 9.59 Å². The Kier molecular flexibility index (Phi) is 8.76. The van der Waals surface area contributed by atoms with E-state index < -0.39 is 5.41 Å². The first kappa shape index (κ1) is 23.0. The van der Waals surface area contributed by atoms with Crippen molar-refractivity contribution in [1.82, 2.24) is 9.80 Å². The van der Waals surface area contributed by atoms with E-state index >= 15 is 0 Å². The minimum absolute atomic E-state index is 0.00408. The Balaban J connectivity index is 3.02. The van der Waals surface area contributed by atoms with E-state index in [0.717, 1.165) is 11.3 Å². The highest BCUT2D eigenvalue weighted by Gasteiger charge is 2.30. The van der Waals surface area contributed by atoms with Gasteiger partial charge in [0.15, 0.2) is 0 Å². The zero-order valence-corrected chi connectivity index (χ0v) is 17.7. The third-order valence-electron chi connectivity index (χ3n) is 4.34. The molecule has 0 bridgehead atoms. The molecule has 1 atom stereocenters. The second kappa shape index (κ2) is 10.3. The number of benzene rings is 1. The minimum atomic E-state index is -0.522. The van der Waals surface area contributed by atoms with E-state index in [9.17, 15) is 9.59 Å². The van der Waals surface area contributed by atoms with Crippen molar-refractivity contribution >= 4 is 11.9 Å². The van der Waals surface area contributed by atoms with E-state index in [-0.39, 0.29) is 24.3 Å². The van der Waals surface area contributed by atoms with Crippen molar-refractivity contribution in [3.05, 3.63) is 29.8 Å². The van der Waals surface area contributed by atoms with Crippen molar-refractivity contribution in [1.29, 1.82) is 0 Å². The lowest BCUT2D eigenvalue weighted by Crippen LogP contribution is -2.45. The number of hydrogen-bond donors (Lipinski definition) is 0. The molecule has 0 fully saturated rings. The highest BCUT2D eigenvalue weighted by Crippen LogP contribution is 2.25. The molecule has 1 amide bonds. The lowest BCUT2D eigenvalue weighted by Gasteiger charge is -2.35. The Morgan fingerprint density at radius 3 is 2.15 bits per heavy atom. The first-order chi connectivity index (χ1) is 12.6. The van der Waals surface area contributed by atoms with Crippen molar-refractivity contribution < 1.29 is 19.1 Å². The topological polar surface area (TPSA) is 59.1 Å². The molecule has 0 heterocycles. The minimum Gasteiger partial charge on any atom is -0.497 e. The summed E-state index contributed by atoms with van der Waals surface area (Å²) in [5.74, 6) is 0.531. The standard InChI is InChI=1S/C21H34N2O4/c1-8-27-19(24)13-14-23(20(25)21(2,3)4)15-18(22(5)6)16-9-11-17(26-7)12-10-16/h9-12,18H,8,13-15H2,1-7H3. The summed E-state index contributed by atoms with van der Waals surface area (Å²) in [6.07, 6.45) is 0.193. The van der Waals surface area contributed by atoms with Crippen LogP contribution < -0.4 is 4.74 Å². The summed E-state index contributed by atoms with van der Waals surface area (Å²) in [6, 6.07) is 7.86. The summed E-state index contributed by atoms with van der Waals surface area (Å²) in [4.78, 5) is 28.6. The van der Waals surface area contributed by atoms with Gasteiger partial charge in [0.25, 0.3) is 0 Å². The van der Waals surface area contributed by atoms with Crippen molar-refractivity contribution in [2.24, 2.45) is 5.41 Å². The molecule has 0 aliphatic heterocycles. The van der Waals surface area contributed by atoms with Crippen LogP contribution in [0.15, 0.2) is 24.3 Å². The first-order valence-electron chi connectivity index (χ1n) is 9.35. The predicted molar refractivity (Wildman–Crippen MR) is 107 cm³/mol. The van der Waals surface area contributed by atoms with Gasteiger partial charge in [0.2, 0.25) is 5.91 Å². The molecule has 1 rings (SSSR count). The summed E-state index contributed by atoms with van der Waals surface area (Å²) in [6.45, 7) is 8.64. The smallest absolute Gasteiger partial charge is 0.307 e. The largest absolute Gasteiger partial charge is 0.497 e. The number of hydrogen-bond acceptors (Lipinski definition) is 5. The zero-order chi connectivity index (χ0) is 20.6. The maximum Gasteiger partial charge on any atom is 0.307 e. The fraction of sp³-hybridized carbons (Fsp3) is 0.619. The van der Waals surface area contributed by atoms with Crippen molar-refractivity contribution in [2.75, 3.05) is 40.9 Å². The van der Waals surface area contributed by atoms with Gasteiger partial charge in [-0.25, -0.2) is 0 Å². The van der Waals surface area contributed by atoms with Crippen molar-refractivity contribution in [3.8, 4) is 5.75 Å². The molecule has 1 aromatic rings. The van der Waals surface area contributed by atoms with Gasteiger partial charge in [-0.15, -0.1) is 0 Å². The van der Waals surface area contributed by atoms with Gasteiger partial charge < -0.3 is 19.3 Å². The number of rotatable bonds is 9. The fourth-order valence-electron chi connectivity index (χ4n) is 2.81. The van der Waals surface area contributed by atoms with Crippen molar-refractivity contribution in [3.63, 3.8) is 0 Å². The maximum absolute atomic E-state index is 13.0. The van der Waals surface area contributed by atoms with Crippen LogP contribution in [0.5, 0.6) is 5.75 Å². The fourth-order valence-corrected chi connectivity index (χ4v) is 2.81. The molecule has 0 N–H and O–H groups in total. The van der Waals surface area contributed by atoms with E-state index in [1.54, 1.807) is 18.9 Å². The molecule has 1 unspecified atom stereocenters. The van der Waals surface area contributed by atoms with Gasteiger partial charge in [0.05, 0.1) is 26.2 Å². The molecule has 6 nitrogen and oxygen atoms in total. The number of likely N-dealkylation sites (N-methyl/N-ethyl adjacent to an activating group) is 1. The van der Waals surface area contributed by atoms with E-state index in [0.29, 0.717) is 19.7 Å². The molecule has 0 aliphatic carbocycles. The number of ether oxygens (including phenoxy) is 2. The summed E-state index contributed by atoms with van der Waals surface area (Å²) >= 11 is 0. The molecule has 0 aliphatic rings. The lowest BCUT2D eigenvalue weighted by atomic mass is 9.93. The van der Waals surface area contributed by atoms with E-state index in [1.807, 2.05) is 59.1 Å². The predicted octanol–water partition coefficient (Wildman–Crippen LogP) is 3.13. The molecular formula is C21H34N2O4.